The van der Waals surface area contributed by atoms with Crippen LogP contribution in [0.3, 0.4) is 0 Å². The van der Waals surface area contributed by atoms with E-state index in [0.29, 0.717) is 0 Å². The number of ether oxygens (including phenoxy) is 2. The van der Waals surface area contributed by atoms with Crippen molar-refractivity contribution in [3.8, 4) is 11.8 Å². The van der Waals surface area contributed by atoms with Crippen LogP contribution in [0.15, 0.2) is 18.2 Å². The smallest absolute Gasteiger partial charge is 0.220 e. The summed E-state index contributed by atoms with van der Waals surface area (Å²) in [5, 5.41) is 0.335. The number of nitrogens with two attached hydrogens (primary N) is 1. The van der Waals surface area contributed by atoms with Crippen molar-refractivity contribution in [3.63, 3.8) is 0 Å². The van der Waals surface area contributed by atoms with Crippen molar-refractivity contribution >= 4 is 28.9 Å². The van der Waals surface area contributed by atoms with Crippen LogP contribution in [-0.2, 0) is 0 Å². The standard InChI is InChI=1S/C13H12Cl2FN3O2/c1-20-8-5-9(21-2)19-13(18-8)11(16)10-6(14)3-4-7(15)12(10)17/h3-5,11H,17H2,1-2H3. The van der Waals surface area contributed by atoms with Crippen LogP contribution in [0.25, 0.3) is 0 Å². The first kappa shape index (κ1) is 15.6. The zero-order valence-electron chi connectivity index (χ0n) is 11.2. The lowest BCUT2D eigenvalue weighted by Crippen LogP contribution is -2.07. The molecule has 2 rings (SSSR count). The molecule has 0 aliphatic carbocycles. The highest BCUT2D eigenvalue weighted by Crippen LogP contribution is 2.38. The van der Waals surface area contributed by atoms with Crippen LogP contribution in [0, 0.1) is 0 Å². The molecule has 0 saturated carbocycles. The van der Waals surface area contributed by atoms with Gasteiger partial charge in [-0.1, -0.05) is 23.2 Å². The lowest BCUT2D eigenvalue weighted by Gasteiger charge is -2.14. The second-order valence-electron chi connectivity index (χ2n) is 4.03. The Morgan fingerprint density at radius 3 is 2.14 bits per heavy atom. The summed E-state index contributed by atoms with van der Waals surface area (Å²) in [4.78, 5) is 7.88. The minimum atomic E-state index is -1.76. The summed E-state index contributed by atoms with van der Waals surface area (Å²) >= 11 is 11.9. The van der Waals surface area contributed by atoms with Crippen molar-refractivity contribution in [1.29, 1.82) is 0 Å². The fourth-order valence-electron chi connectivity index (χ4n) is 1.71. The lowest BCUT2D eigenvalue weighted by molar-refractivity contribution is 0.341. The van der Waals surface area contributed by atoms with Gasteiger partial charge in [0.25, 0.3) is 0 Å². The molecule has 2 N–H and O–H groups in total. The van der Waals surface area contributed by atoms with E-state index < -0.39 is 6.17 Å². The Bertz CT molecular complexity index is 648. The molecule has 1 heterocycles. The Balaban J connectivity index is 2.54. The molecule has 0 aliphatic rings. The highest BCUT2D eigenvalue weighted by molar-refractivity contribution is 6.35. The number of anilines is 1. The van der Waals surface area contributed by atoms with Crippen molar-refractivity contribution in [3.05, 3.63) is 39.6 Å². The monoisotopic (exact) mass is 331 g/mol. The number of hydrogen-bond donors (Lipinski definition) is 1. The third kappa shape index (κ3) is 3.11. The lowest BCUT2D eigenvalue weighted by atomic mass is 10.1. The number of halogens is 3. The molecular weight excluding hydrogens is 320 g/mol. The molecule has 1 unspecified atom stereocenters. The maximum atomic E-state index is 14.7. The van der Waals surface area contributed by atoms with E-state index in [4.69, 9.17) is 38.4 Å². The molecule has 112 valence electrons. The van der Waals surface area contributed by atoms with Gasteiger partial charge in [0.05, 0.1) is 31.0 Å². The minimum absolute atomic E-state index is 0.0134. The Morgan fingerprint density at radius 2 is 1.62 bits per heavy atom. The molecule has 0 amide bonds. The molecule has 5 nitrogen and oxygen atoms in total. The number of nitrogen functional groups attached to an aromatic ring is 1. The van der Waals surface area contributed by atoms with Crippen molar-refractivity contribution in [2.75, 3.05) is 20.0 Å². The number of hydrogen-bond acceptors (Lipinski definition) is 5. The van der Waals surface area contributed by atoms with E-state index in [0.717, 1.165) is 0 Å². The van der Waals surface area contributed by atoms with Crippen LogP contribution in [0.1, 0.15) is 17.6 Å². The van der Waals surface area contributed by atoms with Gasteiger partial charge in [0, 0.05) is 10.6 Å². The van der Waals surface area contributed by atoms with E-state index in [1.165, 1.54) is 32.4 Å². The van der Waals surface area contributed by atoms with Crippen molar-refractivity contribution in [2.24, 2.45) is 0 Å². The van der Waals surface area contributed by atoms with E-state index in [9.17, 15) is 4.39 Å². The second kappa shape index (κ2) is 6.32. The van der Waals surface area contributed by atoms with Gasteiger partial charge in [0.1, 0.15) is 0 Å². The predicted molar refractivity (Wildman–Crippen MR) is 79.0 cm³/mol. The van der Waals surface area contributed by atoms with Gasteiger partial charge in [0.2, 0.25) is 11.8 Å². The average Bonchev–Trinajstić information content (AvgIpc) is 2.50. The minimum Gasteiger partial charge on any atom is -0.481 e. The third-order valence-corrected chi connectivity index (χ3v) is 3.43. The first-order valence-electron chi connectivity index (χ1n) is 5.82. The van der Waals surface area contributed by atoms with Gasteiger partial charge in [-0.05, 0) is 12.1 Å². The van der Waals surface area contributed by atoms with Gasteiger partial charge < -0.3 is 15.2 Å². The van der Waals surface area contributed by atoms with Gasteiger partial charge in [-0.15, -0.1) is 0 Å². The average molecular weight is 332 g/mol. The molecule has 0 radical (unpaired) electrons. The zero-order chi connectivity index (χ0) is 15.6. The topological polar surface area (TPSA) is 70.3 Å². The highest BCUT2D eigenvalue weighted by atomic mass is 35.5. The van der Waals surface area contributed by atoms with Crippen molar-refractivity contribution < 1.29 is 13.9 Å². The quantitative estimate of drug-likeness (QED) is 0.869. The van der Waals surface area contributed by atoms with Crippen molar-refractivity contribution in [1.82, 2.24) is 9.97 Å². The molecule has 2 aromatic rings. The number of benzene rings is 1. The number of alkyl halides is 1. The third-order valence-electron chi connectivity index (χ3n) is 2.78. The van der Waals surface area contributed by atoms with E-state index in [-0.39, 0.29) is 38.9 Å². The summed E-state index contributed by atoms with van der Waals surface area (Å²) in [6.45, 7) is 0. The fourth-order valence-corrected chi connectivity index (χ4v) is 2.14. The first-order chi connectivity index (χ1) is 9.97. The Labute approximate surface area is 130 Å². The maximum Gasteiger partial charge on any atom is 0.220 e. The molecule has 1 aromatic carbocycles. The molecule has 0 fully saturated rings. The molecule has 0 bridgehead atoms. The summed E-state index contributed by atoms with van der Waals surface area (Å²) < 4.78 is 24.7. The van der Waals surface area contributed by atoms with Gasteiger partial charge in [0.15, 0.2) is 12.0 Å². The molecule has 8 heteroatoms. The normalized spacial score (nSPS) is 12.0. The van der Waals surface area contributed by atoms with Crippen molar-refractivity contribution in [2.45, 2.75) is 6.17 Å². The van der Waals surface area contributed by atoms with Crippen LogP contribution >= 0.6 is 23.2 Å². The molecule has 1 aromatic heterocycles. The summed E-state index contributed by atoms with van der Waals surface area (Å²) in [6, 6.07) is 4.38. The molecule has 0 aliphatic heterocycles. The summed E-state index contributed by atoms with van der Waals surface area (Å²) in [5.74, 6) is 0.148. The molecule has 1 atom stereocenters. The molecular formula is C13H12Cl2FN3O2. The van der Waals surface area contributed by atoms with E-state index in [1.807, 2.05) is 0 Å². The van der Waals surface area contributed by atoms with E-state index in [2.05, 4.69) is 9.97 Å². The Morgan fingerprint density at radius 1 is 1.10 bits per heavy atom. The fraction of sp³-hybridized carbons (Fsp3) is 0.231. The van der Waals surface area contributed by atoms with Gasteiger partial charge in [-0.25, -0.2) is 4.39 Å². The van der Waals surface area contributed by atoms with E-state index >= 15 is 0 Å². The summed E-state index contributed by atoms with van der Waals surface area (Å²) in [7, 11) is 2.80. The summed E-state index contributed by atoms with van der Waals surface area (Å²) in [6.07, 6.45) is -1.76. The number of methoxy groups -OCH3 is 2. The van der Waals surface area contributed by atoms with Crippen LogP contribution < -0.4 is 15.2 Å². The zero-order valence-corrected chi connectivity index (χ0v) is 12.7. The predicted octanol–water partition coefficient (Wildman–Crippen LogP) is 3.44. The van der Waals surface area contributed by atoms with Crippen LogP contribution in [-0.4, -0.2) is 24.2 Å². The van der Waals surface area contributed by atoms with E-state index in [1.54, 1.807) is 0 Å². The van der Waals surface area contributed by atoms with Gasteiger partial charge in [-0.3, -0.25) is 0 Å². The number of aromatic nitrogens is 2. The maximum absolute atomic E-state index is 14.7. The Hall–Kier alpha value is -1.79. The largest absolute Gasteiger partial charge is 0.481 e. The van der Waals surface area contributed by atoms with Crippen LogP contribution in [0.2, 0.25) is 10.0 Å². The highest BCUT2D eigenvalue weighted by Gasteiger charge is 2.24. The summed E-state index contributed by atoms with van der Waals surface area (Å²) in [5.41, 5.74) is 5.85. The molecule has 21 heavy (non-hydrogen) atoms. The first-order valence-corrected chi connectivity index (χ1v) is 6.58. The van der Waals surface area contributed by atoms with Gasteiger partial charge in [-0.2, -0.15) is 9.97 Å². The SMILES string of the molecule is COc1cc(OC)nc(C(F)c2c(Cl)ccc(Cl)c2N)n1. The van der Waals surface area contributed by atoms with Crippen LogP contribution in [0.5, 0.6) is 11.8 Å². The molecule has 0 saturated heterocycles. The second-order valence-corrected chi connectivity index (χ2v) is 4.84. The Kier molecular flexibility index (Phi) is 4.69. The van der Waals surface area contributed by atoms with Crippen LogP contribution in [0.4, 0.5) is 10.1 Å². The molecule has 0 spiro atoms. The number of rotatable bonds is 4. The number of nitrogens with zero attached hydrogens (tertiary/aromatic N) is 2. The van der Waals surface area contributed by atoms with Gasteiger partial charge >= 0.3 is 0 Å².